The lowest BCUT2D eigenvalue weighted by atomic mass is 10.3. The monoisotopic (exact) mass is 547 g/mol. The number of rotatable bonds is 10. The van der Waals surface area contributed by atoms with Gasteiger partial charge in [0.1, 0.15) is 17.4 Å². The van der Waals surface area contributed by atoms with Gasteiger partial charge in [-0.2, -0.15) is 13.2 Å². The van der Waals surface area contributed by atoms with Crippen molar-refractivity contribution in [3.63, 3.8) is 0 Å². The molecule has 0 fully saturated rings. The summed E-state index contributed by atoms with van der Waals surface area (Å²) in [7, 11) is -3.94. The van der Waals surface area contributed by atoms with Crippen LogP contribution in [-0.4, -0.2) is 40.3 Å². The predicted molar refractivity (Wildman–Crippen MR) is 124 cm³/mol. The SMILES string of the molecule is CC(C)OC(=O)[C@H](C)NP(=O)(CO[C@@H]1C=C[C@H](n2cc(C(F)(F)F)c(=O)[nH]c2=O)O1)Oc1ccccc1. The number of benzene rings is 1. The first kappa shape index (κ1) is 28.4. The standard InChI is InChI=1S/C22H25F3N3O8P/c1-13(2)34-20(30)14(3)27-37(32,36-15-7-5-4-6-8-15)12-33-18-10-9-17(35-18)28-11-16(22(23,24)25)19(29)26-21(28)31/h4-11,13-14,17-18H,12H2,1-3H3,(H,27,32)(H,26,29,31)/t14-,17+,18-,37?/m0/s1. The average molecular weight is 547 g/mol. The van der Waals surface area contributed by atoms with Gasteiger partial charge in [0.25, 0.3) is 5.56 Å². The van der Waals surface area contributed by atoms with E-state index >= 15 is 0 Å². The van der Waals surface area contributed by atoms with Crippen molar-refractivity contribution in [2.24, 2.45) is 0 Å². The molecule has 0 radical (unpaired) electrons. The van der Waals surface area contributed by atoms with Gasteiger partial charge in [-0.1, -0.05) is 18.2 Å². The Hall–Kier alpha value is -3.19. The molecule has 0 saturated carbocycles. The molecular weight excluding hydrogens is 522 g/mol. The second-order valence-corrected chi connectivity index (χ2v) is 10.2. The highest BCUT2D eigenvalue weighted by Crippen LogP contribution is 2.44. The van der Waals surface area contributed by atoms with Crippen LogP contribution in [0.2, 0.25) is 0 Å². The molecule has 1 aliphatic heterocycles. The molecule has 2 aromatic rings. The van der Waals surface area contributed by atoms with Crippen molar-refractivity contribution in [2.75, 3.05) is 6.35 Å². The number of hydrogen-bond acceptors (Lipinski definition) is 8. The summed E-state index contributed by atoms with van der Waals surface area (Å²) in [5.74, 6) is -0.464. The Morgan fingerprint density at radius 1 is 1.19 bits per heavy atom. The molecule has 0 spiro atoms. The quantitative estimate of drug-likeness (QED) is 0.261. The smallest absolute Gasteiger partial charge is 0.423 e. The fourth-order valence-electron chi connectivity index (χ4n) is 3.14. The van der Waals surface area contributed by atoms with Gasteiger partial charge in [0.15, 0.2) is 18.9 Å². The molecule has 1 unspecified atom stereocenters. The van der Waals surface area contributed by atoms with Crippen molar-refractivity contribution in [2.45, 2.75) is 51.6 Å². The number of para-hydroxylation sites is 1. The molecule has 4 atom stereocenters. The number of aromatic amines is 1. The summed E-state index contributed by atoms with van der Waals surface area (Å²) in [6.45, 7) is 4.73. The molecule has 0 bridgehead atoms. The summed E-state index contributed by atoms with van der Waals surface area (Å²) in [5.41, 5.74) is -4.30. The molecule has 202 valence electrons. The zero-order valence-corrected chi connectivity index (χ0v) is 20.8. The van der Waals surface area contributed by atoms with E-state index in [1.165, 1.54) is 31.2 Å². The zero-order valence-electron chi connectivity index (χ0n) is 19.9. The fourth-order valence-corrected chi connectivity index (χ4v) is 4.82. The molecule has 3 rings (SSSR count). The third-order valence-corrected chi connectivity index (χ3v) is 6.53. The first-order valence-corrected chi connectivity index (χ1v) is 12.8. The minimum Gasteiger partial charge on any atom is -0.462 e. The molecule has 1 aliphatic rings. The fraction of sp³-hybridized carbons (Fsp3) is 0.409. The highest BCUT2D eigenvalue weighted by Gasteiger charge is 2.37. The van der Waals surface area contributed by atoms with Crippen LogP contribution in [0.5, 0.6) is 5.75 Å². The number of esters is 1. The van der Waals surface area contributed by atoms with Crippen LogP contribution in [0.1, 0.15) is 32.6 Å². The number of aromatic nitrogens is 2. The number of halogens is 3. The van der Waals surface area contributed by atoms with Gasteiger partial charge < -0.3 is 18.7 Å². The Balaban J connectivity index is 1.73. The van der Waals surface area contributed by atoms with Gasteiger partial charge >= 0.3 is 25.4 Å². The van der Waals surface area contributed by atoms with Crippen LogP contribution in [0.4, 0.5) is 13.2 Å². The first-order chi connectivity index (χ1) is 17.3. The van der Waals surface area contributed by atoms with E-state index in [1.54, 1.807) is 37.0 Å². The van der Waals surface area contributed by atoms with Crippen LogP contribution in [-0.2, 0) is 29.7 Å². The highest BCUT2D eigenvalue weighted by molar-refractivity contribution is 7.57. The molecule has 0 aliphatic carbocycles. The number of nitrogens with one attached hydrogen (secondary N) is 2. The molecule has 1 aromatic carbocycles. The maximum Gasteiger partial charge on any atom is 0.423 e. The van der Waals surface area contributed by atoms with Gasteiger partial charge in [-0.15, -0.1) is 0 Å². The van der Waals surface area contributed by atoms with Gasteiger partial charge in [-0.3, -0.25) is 23.7 Å². The van der Waals surface area contributed by atoms with E-state index < -0.39 is 67.5 Å². The summed E-state index contributed by atoms with van der Waals surface area (Å²) in [6, 6.07) is 7.02. The van der Waals surface area contributed by atoms with E-state index in [-0.39, 0.29) is 5.75 Å². The minimum absolute atomic E-state index is 0.214. The van der Waals surface area contributed by atoms with Crippen LogP contribution in [0.25, 0.3) is 0 Å². The average Bonchev–Trinajstić information content (AvgIpc) is 3.26. The van der Waals surface area contributed by atoms with Crippen LogP contribution >= 0.6 is 7.52 Å². The number of carbonyl (C=O) groups is 1. The maximum atomic E-state index is 13.6. The molecule has 15 heteroatoms. The van der Waals surface area contributed by atoms with E-state index in [0.717, 1.165) is 0 Å². The molecule has 37 heavy (non-hydrogen) atoms. The Labute approximate surface area is 208 Å². The number of ether oxygens (including phenoxy) is 3. The lowest BCUT2D eigenvalue weighted by Crippen LogP contribution is -2.37. The number of hydrogen-bond donors (Lipinski definition) is 2. The Morgan fingerprint density at radius 3 is 2.49 bits per heavy atom. The predicted octanol–water partition coefficient (Wildman–Crippen LogP) is 3.14. The van der Waals surface area contributed by atoms with Crippen LogP contribution in [0.15, 0.2) is 58.3 Å². The lowest BCUT2D eigenvalue weighted by molar-refractivity contribution is -0.149. The van der Waals surface area contributed by atoms with Crippen molar-refractivity contribution < 1.29 is 41.3 Å². The summed E-state index contributed by atoms with van der Waals surface area (Å²) >= 11 is 0. The van der Waals surface area contributed by atoms with Gasteiger partial charge in [0.2, 0.25) is 0 Å². The topological polar surface area (TPSA) is 138 Å². The summed E-state index contributed by atoms with van der Waals surface area (Å²) in [6.07, 6.45) is -5.79. The van der Waals surface area contributed by atoms with Crippen molar-refractivity contribution in [3.05, 3.63) is 75.1 Å². The molecule has 11 nitrogen and oxygen atoms in total. The summed E-state index contributed by atoms with van der Waals surface area (Å²) in [5, 5.41) is 2.59. The maximum absolute atomic E-state index is 13.6. The summed E-state index contributed by atoms with van der Waals surface area (Å²) in [4.78, 5) is 37.4. The van der Waals surface area contributed by atoms with Crippen molar-refractivity contribution in [1.82, 2.24) is 14.6 Å². The first-order valence-electron chi connectivity index (χ1n) is 11.0. The third kappa shape index (κ3) is 7.65. The third-order valence-electron chi connectivity index (χ3n) is 4.75. The number of carbonyl (C=O) groups excluding carboxylic acids is 1. The Morgan fingerprint density at radius 2 is 1.86 bits per heavy atom. The van der Waals surface area contributed by atoms with E-state index in [2.05, 4.69) is 5.09 Å². The molecular formula is C22H25F3N3O8P. The van der Waals surface area contributed by atoms with E-state index in [1.807, 2.05) is 0 Å². The van der Waals surface area contributed by atoms with Crippen molar-refractivity contribution in [1.29, 1.82) is 0 Å². The molecule has 0 saturated heterocycles. The second-order valence-electron chi connectivity index (χ2n) is 8.20. The normalized spacial score (nSPS) is 20.0. The van der Waals surface area contributed by atoms with Gasteiger partial charge in [0.05, 0.1) is 6.10 Å². The van der Waals surface area contributed by atoms with Gasteiger partial charge in [-0.05, 0) is 45.1 Å². The van der Waals surface area contributed by atoms with E-state index in [0.29, 0.717) is 10.8 Å². The number of nitrogens with zero attached hydrogens (tertiary/aromatic N) is 1. The molecule has 0 amide bonds. The van der Waals surface area contributed by atoms with Crippen molar-refractivity contribution in [3.8, 4) is 5.75 Å². The zero-order chi connectivity index (χ0) is 27.4. The van der Waals surface area contributed by atoms with Crippen LogP contribution < -0.4 is 20.9 Å². The number of alkyl halides is 3. The highest BCUT2D eigenvalue weighted by atomic mass is 31.2. The van der Waals surface area contributed by atoms with Crippen molar-refractivity contribution >= 4 is 13.5 Å². The van der Waals surface area contributed by atoms with E-state index in [4.69, 9.17) is 18.7 Å². The minimum atomic E-state index is -5.00. The molecule has 2 N–H and O–H groups in total. The second kappa shape index (κ2) is 11.5. The summed E-state index contributed by atoms with van der Waals surface area (Å²) < 4.78 is 75.0. The Bertz CT molecular complexity index is 1290. The van der Waals surface area contributed by atoms with E-state index in [9.17, 15) is 32.1 Å². The lowest BCUT2D eigenvalue weighted by Gasteiger charge is -2.25. The molecule has 1 aromatic heterocycles. The largest absolute Gasteiger partial charge is 0.462 e. The van der Waals surface area contributed by atoms with Gasteiger partial charge in [0, 0.05) is 6.20 Å². The number of H-pyrrole nitrogens is 1. The molecule has 2 heterocycles. The Kier molecular flexibility index (Phi) is 8.80. The van der Waals surface area contributed by atoms with Crippen LogP contribution in [0.3, 0.4) is 0 Å². The van der Waals surface area contributed by atoms with Crippen LogP contribution in [0, 0.1) is 0 Å². The van der Waals surface area contributed by atoms with Gasteiger partial charge in [-0.25, -0.2) is 9.88 Å².